The molecule has 0 aliphatic heterocycles. The second kappa shape index (κ2) is 6.94. The van der Waals surface area contributed by atoms with Gasteiger partial charge in [-0.3, -0.25) is 10.1 Å². The van der Waals surface area contributed by atoms with Gasteiger partial charge in [0.2, 0.25) is 5.95 Å². The van der Waals surface area contributed by atoms with Gasteiger partial charge in [0.25, 0.3) is 0 Å². The van der Waals surface area contributed by atoms with Crippen molar-refractivity contribution in [3.8, 4) is 11.5 Å². The van der Waals surface area contributed by atoms with E-state index < -0.39 is 4.92 Å². The van der Waals surface area contributed by atoms with Gasteiger partial charge in [0, 0.05) is 18.4 Å². The Kier molecular flexibility index (Phi) is 4.73. The molecule has 3 rings (SSSR count). The average Bonchev–Trinajstić information content (AvgIpc) is 3.08. The summed E-state index contributed by atoms with van der Waals surface area (Å²) in [6, 6.07) is 0.314. The first-order valence-electron chi connectivity index (χ1n) is 8.39. The minimum atomic E-state index is -0.452. The number of rotatable bonds is 5. The van der Waals surface area contributed by atoms with Crippen molar-refractivity contribution in [1.29, 1.82) is 0 Å². The second-order valence-corrected chi connectivity index (χ2v) is 6.23. The lowest BCUT2D eigenvalue weighted by Gasteiger charge is -2.31. The van der Waals surface area contributed by atoms with E-state index in [1.807, 2.05) is 0 Å². The molecule has 0 aromatic carbocycles. The van der Waals surface area contributed by atoms with Crippen molar-refractivity contribution in [3.05, 3.63) is 28.2 Å². The molecule has 0 saturated heterocycles. The van der Waals surface area contributed by atoms with Crippen LogP contribution in [0, 0.1) is 23.0 Å². The maximum absolute atomic E-state index is 11.4. The predicted molar refractivity (Wildman–Crippen MR) is 90.7 cm³/mol. The molecule has 0 amide bonds. The van der Waals surface area contributed by atoms with Crippen LogP contribution < -0.4 is 5.32 Å². The predicted octanol–water partition coefficient (Wildman–Crippen LogP) is 3.46. The summed E-state index contributed by atoms with van der Waals surface area (Å²) in [6.45, 7) is 3.83. The minimum Gasteiger partial charge on any atom is -0.351 e. The number of nitrogens with zero attached hydrogens (tertiary/aromatic N) is 4. The van der Waals surface area contributed by atoms with Gasteiger partial charge in [-0.05, 0) is 25.7 Å². The van der Waals surface area contributed by atoms with Crippen molar-refractivity contribution in [2.75, 3.05) is 5.32 Å². The number of aromatic nitrogens is 4. The molecule has 2 unspecified atom stereocenters. The SMILES string of the molecule is CCC1CCCCC1Nc1nc(C)c([N+](=O)[O-])c(-c2ncc[nH]2)n1. The molecule has 1 saturated carbocycles. The highest BCUT2D eigenvalue weighted by molar-refractivity contribution is 5.66. The van der Waals surface area contributed by atoms with E-state index in [-0.39, 0.29) is 11.4 Å². The van der Waals surface area contributed by atoms with E-state index in [0.717, 1.165) is 12.8 Å². The van der Waals surface area contributed by atoms with E-state index in [0.29, 0.717) is 29.4 Å². The molecule has 1 aliphatic rings. The molecule has 0 radical (unpaired) electrons. The van der Waals surface area contributed by atoms with Crippen molar-refractivity contribution in [2.24, 2.45) is 5.92 Å². The van der Waals surface area contributed by atoms with Gasteiger partial charge in [-0.1, -0.05) is 26.2 Å². The molecule has 0 spiro atoms. The molecule has 1 fully saturated rings. The maximum atomic E-state index is 11.4. The van der Waals surface area contributed by atoms with Crippen LogP contribution in [0.1, 0.15) is 44.7 Å². The van der Waals surface area contributed by atoms with Crippen LogP contribution in [0.5, 0.6) is 0 Å². The lowest BCUT2D eigenvalue weighted by molar-refractivity contribution is -0.385. The van der Waals surface area contributed by atoms with E-state index in [1.54, 1.807) is 19.3 Å². The van der Waals surface area contributed by atoms with Gasteiger partial charge >= 0.3 is 5.69 Å². The monoisotopic (exact) mass is 330 g/mol. The first-order chi connectivity index (χ1) is 11.6. The van der Waals surface area contributed by atoms with E-state index in [9.17, 15) is 10.1 Å². The number of hydrogen-bond donors (Lipinski definition) is 2. The van der Waals surface area contributed by atoms with Crippen molar-refractivity contribution >= 4 is 11.6 Å². The minimum absolute atomic E-state index is 0.105. The Labute approximate surface area is 140 Å². The third-order valence-electron chi connectivity index (χ3n) is 4.71. The third kappa shape index (κ3) is 3.22. The van der Waals surface area contributed by atoms with Crippen LogP contribution in [-0.2, 0) is 0 Å². The molecule has 8 nitrogen and oxygen atoms in total. The first-order valence-corrected chi connectivity index (χ1v) is 8.39. The summed E-state index contributed by atoms with van der Waals surface area (Å²) in [5.74, 6) is 1.41. The smallest absolute Gasteiger partial charge is 0.319 e. The number of aryl methyl sites for hydroxylation is 1. The average molecular weight is 330 g/mol. The molecule has 2 heterocycles. The van der Waals surface area contributed by atoms with E-state index in [1.165, 1.54) is 19.3 Å². The number of anilines is 1. The van der Waals surface area contributed by atoms with Gasteiger partial charge in [-0.2, -0.15) is 0 Å². The molecule has 1 aliphatic carbocycles. The Hall–Kier alpha value is -2.51. The summed E-state index contributed by atoms with van der Waals surface area (Å²) in [6.07, 6.45) is 9.00. The van der Waals surface area contributed by atoms with Gasteiger partial charge in [0.15, 0.2) is 11.5 Å². The van der Waals surface area contributed by atoms with Gasteiger partial charge < -0.3 is 10.3 Å². The number of hydrogen-bond acceptors (Lipinski definition) is 6. The standard InChI is InChI=1S/C16H22N6O2/c1-3-11-6-4-5-7-12(11)20-16-19-10(2)14(22(23)24)13(21-16)15-17-8-9-18-15/h8-9,11-12H,3-7H2,1-2H3,(H,17,18)(H,19,20,21). The second-order valence-electron chi connectivity index (χ2n) is 6.23. The van der Waals surface area contributed by atoms with Gasteiger partial charge in [-0.25, -0.2) is 15.0 Å². The fourth-order valence-corrected chi connectivity index (χ4v) is 3.46. The maximum Gasteiger partial charge on any atom is 0.319 e. The largest absolute Gasteiger partial charge is 0.351 e. The van der Waals surface area contributed by atoms with E-state index in [2.05, 4.69) is 32.2 Å². The Morgan fingerprint density at radius 3 is 2.83 bits per heavy atom. The third-order valence-corrected chi connectivity index (χ3v) is 4.71. The first kappa shape index (κ1) is 16.4. The highest BCUT2D eigenvalue weighted by Gasteiger charge is 2.28. The van der Waals surface area contributed by atoms with Crippen LogP contribution in [0.15, 0.2) is 12.4 Å². The molecule has 0 bridgehead atoms. The van der Waals surface area contributed by atoms with Crippen LogP contribution in [-0.4, -0.2) is 30.9 Å². The van der Waals surface area contributed by atoms with Crippen molar-refractivity contribution < 1.29 is 4.92 Å². The zero-order valence-electron chi connectivity index (χ0n) is 14.0. The topological polar surface area (TPSA) is 110 Å². The summed E-state index contributed by atoms with van der Waals surface area (Å²) >= 11 is 0. The van der Waals surface area contributed by atoms with Crippen molar-refractivity contribution in [1.82, 2.24) is 19.9 Å². The van der Waals surface area contributed by atoms with Crippen LogP contribution in [0.4, 0.5) is 11.6 Å². The summed E-state index contributed by atoms with van der Waals surface area (Å²) < 4.78 is 0. The molecule has 24 heavy (non-hydrogen) atoms. The number of aromatic amines is 1. The number of nitrogens with one attached hydrogen (secondary N) is 2. The summed E-state index contributed by atoms with van der Waals surface area (Å²) in [7, 11) is 0. The summed E-state index contributed by atoms with van der Waals surface area (Å²) in [5.41, 5.74) is 0.461. The normalized spacial score (nSPS) is 20.8. The zero-order valence-corrected chi connectivity index (χ0v) is 14.0. The number of imidazole rings is 1. The molecular weight excluding hydrogens is 308 g/mol. The lowest BCUT2D eigenvalue weighted by atomic mass is 9.83. The molecule has 2 aromatic heterocycles. The fourth-order valence-electron chi connectivity index (χ4n) is 3.46. The van der Waals surface area contributed by atoms with Crippen LogP contribution in [0.3, 0.4) is 0 Å². The van der Waals surface area contributed by atoms with E-state index >= 15 is 0 Å². The Morgan fingerprint density at radius 1 is 1.38 bits per heavy atom. The highest BCUT2D eigenvalue weighted by Crippen LogP contribution is 2.32. The van der Waals surface area contributed by atoms with Gasteiger partial charge in [0.05, 0.1) is 4.92 Å². The van der Waals surface area contributed by atoms with Crippen molar-refractivity contribution in [3.63, 3.8) is 0 Å². The van der Waals surface area contributed by atoms with Gasteiger partial charge in [0.1, 0.15) is 5.69 Å². The Balaban J connectivity index is 1.96. The molecule has 2 N–H and O–H groups in total. The fraction of sp³-hybridized carbons (Fsp3) is 0.562. The quantitative estimate of drug-likeness (QED) is 0.641. The molecule has 8 heteroatoms. The number of nitro groups is 1. The summed E-state index contributed by atoms with van der Waals surface area (Å²) in [4.78, 5) is 26.7. The van der Waals surface area contributed by atoms with Crippen LogP contribution >= 0.6 is 0 Å². The molecule has 2 atom stereocenters. The molecule has 2 aromatic rings. The Morgan fingerprint density at radius 2 is 2.17 bits per heavy atom. The lowest BCUT2D eigenvalue weighted by Crippen LogP contribution is -2.32. The molecule has 128 valence electrons. The van der Waals surface area contributed by atoms with Crippen molar-refractivity contribution in [2.45, 2.75) is 52.0 Å². The Bertz CT molecular complexity index is 716. The van der Waals surface area contributed by atoms with Gasteiger partial charge in [-0.15, -0.1) is 0 Å². The van der Waals surface area contributed by atoms with E-state index in [4.69, 9.17) is 0 Å². The number of H-pyrrole nitrogens is 1. The highest BCUT2D eigenvalue weighted by atomic mass is 16.6. The zero-order chi connectivity index (χ0) is 17.1. The van der Waals surface area contributed by atoms with Crippen LogP contribution in [0.25, 0.3) is 11.5 Å². The van der Waals surface area contributed by atoms with Crippen LogP contribution in [0.2, 0.25) is 0 Å². The summed E-state index contributed by atoms with van der Waals surface area (Å²) in [5, 5.41) is 14.8. The molecular formula is C16H22N6O2.